The Hall–Kier alpha value is -0.950. The molecule has 0 spiro atoms. The zero-order chi connectivity index (χ0) is 14.4. The number of nitrogens with one attached hydrogen (secondary N) is 2. The lowest BCUT2D eigenvalue weighted by molar-refractivity contribution is -0.120. The van der Waals surface area contributed by atoms with Crippen molar-refractivity contribution in [1.29, 1.82) is 0 Å². The summed E-state index contributed by atoms with van der Waals surface area (Å²) in [6.45, 7) is 4.38. The minimum Gasteiger partial charge on any atom is -0.354 e. The van der Waals surface area contributed by atoms with Crippen LogP contribution in [0.3, 0.4) is 0 Å². The second-order valence-corrected chi connectivity index (χ2v) is 6.70. The summed E-state index contributed by atoms with van der Waals surface area (Å²) < 4.78 is 0.748. The first kappa shape index (κ1) is 15.4. The van der Waals surface area contributed by atoms with Gasteiger partial charge in [-0.1, -0.05) is 18.5 Å². The van der Waals surface area contributed by atoms with E-state index in [4.69, 9.17) is 11.6 Å². The minimum absolute atomic E-state index is 0.00367. The Morgan fingerprint density at radius 2 is 2.25 bits per heavy atom. The molecule has 2 N–H and O–H groups in total. The summed E-state index contributed by atoms with van der Waals surface area (Å²) in [5, 5.41) is 8.86. The lowest BCUT2D eigenvalue weighted by Gasteiger charge is -2.03. The molecule has 0 saturated carbocycles. The molecule has 0 unspecified atom stereocenters. The molecule has 0 aliphatic carbocycles. The number of hydrogen-bond acceptors (Lipinski definition) is 5. The molecule has 7 heteroatoms. The van der Waals surface area contributed by atoms with E-state index in [1.165, 1.54) is 22.7 Å². The summed E-state index contributed by atoms with van der Waals surface area (Å²) >= 11 is 8.94. The quantitative estimate of drug-likeness (QED) is 0.768. The van der Waals surface area contributed by atoms with Crippen LogP contribution in [0.1, 0.15) is 12.6 Å². The third-order valence-electron chi connectivity index (χ3n) is 2.55. The van der Waals surface area contributed by atoms with Gasteiger partial charge in [-0.2, -0.15) is 0 Å². The number of amides is 1. The summed E-state index contributed by atoms with van der Waals surface area (Å²) in [6, 6.07) is 3.81. The van der Waals surface area contributed by atoms with Crippen molar-refractivity contribution in [2.75, 3.05) is 19.6 Å². The second kappa shape index (κ2) is 7.73. The molecule has 0 aromatic carbocycles. The van der Waals surface area contributed by atoms with E-state index in [1.807, 2.05) is 24.4 Å². The smallest absolute Gasteiger partial charge is 0.226 e. The average Bonchev–Trinajstić information content (AvgIpc) is 3.04. The van der Waals surface area contributed by atoms with E-state index >= 15 is 0 Å². The Morgan fingerprint density at radius 1 is 1.40 bits per heavy atom. The molecule has 20 heavy (non-hydrogen) atoms. The van der Waals surface area contributed by atoms with Crippen LogP contribution in [0.25, 0.3) is 9.88 Å². The van der Waals surface area contributed by atoms with Crippen molar-refractivity contribution < 1.29 is 4.79 Å². The molecule has 4 nitrogen and oxygen atoms in total. The Kier molecular flexibility index (Phi) is 5.97. The molecule has 0 atom stereocenters. The first-order chi connectivity index (χ1) is 9.69. The molecular formula is C13H16ClN3OS2. The van der Waals surface area contributed by atoms with Crippen LogP contribution in [0.15, 0.2) is 17.5 Å². The van der Waals surface area contributed by atoms with E-state index in [1.54, 1.807) is 0 Å². The fourth-order valence-corrected chi connectivity index (χ4v) is 3.56. The van der Waals surface area contributed by atoms with Crippen LogP contribution in [-0.4, -0.2) is 30.5 Å². The van der Waals surface area contributed by atoms with Gasteiger partial charge in [-0.15, -0.1) is 22.7 Å². The average molecular weight is 330 g/mol. The number of carbonyl (C=O) groups is 1. The van der Waals surface area contributed by atoms with Gasteiger partial charge in [0.05, 0.1) is 21.3 Å². The number of nitrogens with zero attached hydrogens (tertiary/aromatic N) is 1. The number of halogens is 1. The van der Waals surface area contributed by atoms with Crippen molar-refractivity contribution in [2.45, 2.75) is 13.3 Å². The van der Waals surface area contributed by atoms with Gasteiger partial charge in [0.1, 0.15) is 5.01 Å². The Balaban J connectivity index is 1.85. The lowest BCUT2D eigenvalue weighted by Crippen LogP contribution is -2.32. The summed E-state index contributed by atoms with van der Waals surface area (Å²) in [6.07, 6.45) is 0.321. The zero-order valence-corrected chi connectivity index (χ0v) is 13.5. The molecule has 2 aromatic heterocycles. The highest BCUT2D eigenvalue weighted by atomic mass is 35.5. The normalized spacial score (nSPS) is 10.7. The molecule has 2 heterocycles. The maximum atomic E-state index is 11.7. The third kappa shape index (κ3) is 4.56. The van der Waals surface area contributed by atoms with E-state index in [0.29, 0.717) is 13.0 Å². The number of thiazole rings is 1. The largest absolute Gasteiger partial charge is 0.354 e. The molecule has 108 valence electrons. The van der Waals surface area contributed by atoms with E-state index in [9.17, 15) is 4.79 Å². The Bertz CT molecular complexity index is 567. The molecule has 0 bridgehead atoms. The predicted molar refractivity (Wildman–Crippen MR) is 85.7 cm³/mol. The van der Waals surface area contributed by atoms with Crippen molar-refractivity contribution in [2.24, 2.45) is 0 Å². The van der Waals surface area contributed by atoms with Gasteiger partial charge >= 0.3 is 0 Å². The van der Waals surface area contributed by atoms with Gasteiger partial charge in [0.15, 0.2) is 0 Å². The fraction of sp³-hybridized carbons (Fsp3) is 0.385. The highest BCUT2D eigenvalue weighted by Crippen LogP contribution is 2.32. The van der Waals surface area contributed by atoms with E-state index in [-0.39, 0.29) is 5.91 Å². The van der Waals surface area contributed by atoms with Gasteiger partial charge in [-0.3, -0.25) is 4.79 Å². The van der Waals surface area contributed by atoms with E-state index in [0.717, 1.165) is 33.0 Å². The van der Waals surface area contributed by atoms with Crippen LogP contribution in [0, 0.1) is 0 Å². The number of thiophene rings is 1. The van der Waals surface area contributed by atoms with Gasteiger partial charge in [0.25, 0.3) is 0 Å². The molecule has 2 rings (SSSR count). The van der Waals surface area contributed by atoms with Crippen molar-refractivity contribution in [3.63, 3.8) is 0 Å². The van der Waals surface area contributed by atoms with E-state index in [2.05, 4.69) is 15.6 Å². The van der Waals surface area contributed by atoms with Crippen LogP contribution >= 0.6 is 34.3 Å². The predicted octanol–water partition coefficient (Wildman–Crippen LogP) is 2.79. The number of aromatic nitrogens is 1. The van der Waals surface area contributed by atoms with Crippen molar-refractivity contribution in [3.8, 4) is 9.88 Å². The summed E-state index contributed by atoms with van der Waals surface area (Å²) in [5.41, 5.74) is 0.801. The highest BCUT2D eigenvalue weighted by Gasteiger charge is 2.10. The van der Waals surface area contributed by atoms with Gasteiger partial charge < -0.3 is 10.6 Å². The molecule has 0 aliphatic rings. The SMILES string of the molecule is CCNCCNC(=O)Cc1csc(-c2ccc(Cl)s2)n1. The number of hydrogen-bond donors (Lipinski definition) is 2. The minimum atomic E-state index is 0.00367. The summed E-state index contributed by atoms with van der Waals surface area (Å²) in [5.74, 6) is 0.00367. The maximum absolute atomic E-state index is 11.7. The summed E-state index contributed by atoms with van der Waals surface area (Å²) in [4.78, 5) is 17.2. The van der Waals surface area contributed by atoms with E-state index < -0.39 is 0 Å². The lowest BCUT2D eigenvalue weighted by atomic mass is 10.3. The number of carbonyl (C=O) groups excluding carboxylic acids is 1. The second-order valence-electron chi connectivity index (χ2n) is 4.13. The molecule has 0 saturated heterocycles. The van der Waals surface area contributed by atoms with Crippen molar-refractivity contribution >= 4 is 40.2 Å². The van der Waals surface area contributed by atoms with Gasteiger partial charge in [-0.25, -0.2) is 4.98 Å². The first-order valence-corrected chi connectivity index (χ1v) is 8.44. The van der Waals surface area contributed by atoms with Crippen LogP contribution in [0.2, 0.25) is 4.34 Å². The molecular weight excluding hydrogens is 314 g/mol. The highest BCUT2D eigenvalue weighted by molar-refractivity contribution is 7.23. The molecule has 0 fully saturated rings. The Morgan fingerprint density at radius 3 is 2.95 bits per heavy atom. The third-order valence-corrected chi connectivity index (χ3v) is 4.84. The zero-order valence-electron chi connectivity index (χ0n) is 11.1. The maximum Gasteiger partial charge on any atom is 0.226 e. The van der Waals surface area contributed by atoms with Gasteiger partial charge in [0, 0.05) is 18.5 Å². The van der Waals surface area contributed by atoms with Gasteiger partial charge in [0.2, 0.25) is 5.91 Å². The van der Waals surface area contributed by atoms with Crippen LogP contribution in [0.4, 0.5) is 0 Å². The summed E-state index contributed by atoms with van der Waals surface area (Å²) in [7, 11) is 0. The monoisotopic (exact) mass is 329 g/mol. The van der Waals surface area contributed by atoms with Crippen LogP contribution < -0.4 is 10.6 Å². The molecule has 0 radical (unpaired) electrons. The first-order valence-electron chi connectivity index (χ1n) is 6.36. The van der Waals surface area contributed by atoms with Crippen LogP contribution in [-0.2, 0) is 11.2 Å². The molecule has 1 amide bonds. The van der Waals surface area contributed by atoms with Crippen molar-refractivity contribution in [3.05, 3.63) is 27.5 Å². The standard InChI is InChI=1S/C13H16ClN3OS2/c1-2-15-5-6-16-12(18)7-9-8-19-13(17-9)10-3-4-11(14)20-10/h3-4,8,15H,2,5-7H2,1H3,(H,16,18). The molecule has 0 aliphatic heterocycles. The van der Waals surface area contributed by atoms with Crippen molar-refractivity contribution in [1.82, 2.24) is 15.6 Å². The van der Waals surface area contributed by atoms with Crippen LogP contribution in [0.5, 0.6) is 0 Å². The topological polar surface area (TPSA) is 54.0 Å². The number of likely N-dealkylation sites (N-methyl/N-ethyl adjacent to an activating group) is 1. The Labute approximate surface area is 131 Å². The number of rotatable bonds is 7. The fourth-order valence-electron chi connectivity index (χ4n) is 1.62. The molecule has 2 aromatic rings. The van der Waals surface area contributed by atoms with Gasteiger partial charge in [-0.05, 0) is 18.7 Å².